The molecule has 0 bridgehead atoms. The molecule has 0 aliphatic carbocycles. The smallest absolute Gasteiger partial charge is 0.347 e. The normalized spacial score (nSPS) is 17.6. The van der Waals surface area contributed by atoms with E-state index in [1.807, 2.05) is 70.2 Å². The first-order valence-corrected chi connectivity index (χ1v) is 12.4. The van der Waals surface area contributed by atoms with Crippen LogP contribution in [0.3, 0.4) is 0 Å². The molecule has 36 heavy (non-hydrogen) atoms. The number of carbonyl (C=O) groups excluding carboxylic acids is 2. The van der Waals surface area contributed by atoms with E-state index in [1.165, 1.54) is 6.92 Å². The molecule has 6 nitrogen and oxygen atoms in total. The van der Waals surface area contributed by atoms with Crippen LogP contribution in [-0.4, -0.2) is 30.3 Å². The van der Waals surface area contributed by atoms with Crippen molar-refractivity contribution in [2.45, 2.75) is 72.5 Å². The van der Waals surface area contributed by atoms with Crippen LogP contribution in [0.5, 0.6) is 17.2 Å². The molecule has 2 atom stereocenters. The van der Waals surface area contributed by atoms with Crippen LogP contribution < -0.4 is 14.2 Å². The lowest BCUT2D eigenvalue weighted by molar-refractivity contribution is -0.152. The second-order valence-electron chi connectivity index (χ2n) is 9.81. The number of carbonyl (C=O) groups is 2. The second kappa shape index (κ2) is 10.2. The molecule has 0 N–H and O–H groups in total. The number of benzene rings is 3. The second-order valence-corrected chi connectivity index (χ2v) is 9.81. The Morgan fingerprint density at radius 1 is 1.03 bits per heavy atom. The molecule has 6 heteroatoms. The summed E-state index contributed by atoms with van der Waals surface area (Å²) in [5.41, 5.74) is 3.40. The van der Waals surface area contributed by atoms with Crippen molar-refractivity contribution in [2.75, 3.05) is 6.61 Å². The highest BCUT2D eigenvalue weighted by Gasteiger charge is 2.35. The number of esters is 2. The summed E-state index contributed by atoms with van der Waals surface area (Å²) in [7, 11) is 0. The van der Waals surface area contributed by atoms with E-state index in [2.05, 4.69) is 0 Å². The van der Waals surface area contributed by atoms with E-state index in [-0.39, 0.29) is 12.6 Å². The van der Waals surface area contributed by atoms with Crippen LogP contribution in [0.1, 0.15) is 55.9 Å². The number of rotatable bonds is 7. The van der Waals surface area contributed by atoms with Gasteiger partial charge in [-0.1, -0.05) is 36.4 Å². The summed E-state index contributed by atoms with van der Waals surface area (Å²) in [6.45, 7) is 11.3. The maximum Gasteiger partial charge on any atom is 0.347 e. The van der Waals surface area contributed by atoms with Crippen molar-refractivity contribution < 1.29 is 28.5 Å². The number of hydrogen-bond donors (Lipinski definition) is 0. The Morgan fingerprint density at radius 3 is 2.50 bits per heavy atom. The molecule has 190 valence electrons. The third kappa shape index (κ3) is 5.18. The Bertz CT molecular complexity index is 1310. The molecule has 0 amide bonds. The molecule has 0 saturated heterocycles. The quantitative estimate of drug-likeness (QED) is 0.291. The average molecular weight is 491 g/mol. The van der Waals surface area contributed by atoms with Gasteiger partial charge in [0.25, 0.3) is 0 Å². The molecule has 0 spiro atoms. The van der Waals surface area contributed by atoms with Crippen LogP contribution in [0.25, 0.3) is 10.8 Å². The lowest BCUT2D eigenvalue weighted by Crippen LogP contribution is -2.39. The molecular weight excluding hydrogens is 456 g/mol. The minimum Gasteiger partial charge on any atom is -0.487 e. The molecule has 0 aromatic heterocycles. The molecule has 3 aromatic carbocycles. The monoisotopic (exact) mass is 490 g/mol. The van der Waals surface area contributed by atoms with Crippen LogP contribution in [0.4, 0.5) is 0 Å². The van der Waals surface area contributed by atoms with Crippen molar-refractivity contribution in [3.8, 4) is 17.2 Å². The van der Waals surface area contributed by atoms with E-state index in [9.17, 15) is 9.59 Å². The van der Waals surface area contributed by atoms with Gasteiger partial charge in [0.2, 0.25) is 0 Å². The molecule has 1 aliphatic rings. The molecule has 1 heterocycles. The maximum atomic E-state index is 12.7. The highest BCUT2D eigenvalue weighted by Crippen LogP contribution is 2.44. The molecule has 1 aliphatic heterocycles. The number of fused-ring (bicyclic) bond motifs is 2. The SMILES string of the molecule is CC(=O)Oc1c(C)c(C)c2c(c1C)CC[C@@](C)(CCOC(=O)C(C)Oc1cccc3ccccc13)O2. The van der Waals surface area contributed by atoms with E-state index in [4.69, 9.17) is 18.9 Å². The molecule has 3 aromatic rings. The summed E-state index contributed by atoms with van der Waals surface area (Å²) < 4.78 is 23.5. The highest BCUT2D eigenvalue weighted by atomic mass is 16.6. The minimum atomic E-state index is -0.733. The van der Waals surface area contributed by atoms with E-state index in [0.29, 0.717) is 17.9 Å². The highest BCUT2D eigenvalue weighted by molar-refractivity contribution is 5.88. The molecule has 0 fully saturated rings. The van der Waals surface area contributed by atoms with Crippen LogP contribution in [0, 0.1) is 20.8 Å². The van der Waals surface area contributed by atoms with Crippen LogP contribution in [0.15, 0.2) is 42.5 Å². The summed E-state index contributed by atoms with van der Waals surface area (Å²) in [5, 5.41) is 2.01. The van der Waals surface area contributed by atoms with E-state index >= 15 is 0 Å². The van der Waals surface area contributed by atoms with E-state index in [0.717, 1.165) is 51.6 Å². The van der Waals surface area contributed by atoms with E-state index < -0.39 is 17.7 Å². The lowest BCUT2D eigenvalue weighted by atomic mass is 9.86. The fourth-order valence-corrected chi connectivity index (χ4v) is 4.78. The van der Waals surface area contributed by atoms with Gasteiger partial charge in [0.15, 0.2) is 6.10 Å². The predicted molar refractivity (Wildman–Crippen MR) is 139 cm³/mol. The molecule has 0 radical (unpaired) electrons. The van der Waals surface area contributed by atoms with Crippen molar-refractivity contribution in [3.63, 3.8) is 0 Å². The summed E-state index contributed by atoms with van der Waals surface area (Å²) in [6.07, 6.45) is 1.38. The fourth-order valence-electron chi connectivity index (χ4n) is 4.78. The van der Waals surface area contributed by atoms with Crippen molar-refractivity contribution in [1.82, 2.24) is 0 Å². The summed E-state index contributed by atoms with van der Waals surface area (Å²) in [6, 6.07) is 13.7. The van der Waals surface area contributed by atoms with Gasteiger partial charge in [0.05, 0.1) is 6.61 Å². The van der Waals surface area contributed by atoms with Gasteiger partial charge in [0.1, 0.15) is 22.8 Å². The summed E-state index contributed by atoms with van der Waals surface area (Å²) in [4.78, 5) is 24.2. The first-order valence-electron chi connectivity index (χ1n) is 12.4. The predicted octanol–water partition coefficient (Wildman–Crippen LogP) is 6.17. The van der Waals surface area contributed by atoms with Crippen molar-refractivity contribution in [3.05, 3.63) is 64.7 Å². The minimum absolute atomic E-state index is 0.233. The topological polar surface area (TPSA) is 71.1 Å². The van der Waals surface area contributed by atoms with Crippen molar-refractivity contribution in [2.24, 2.45) is 0 Å². The van der Waals surface area contributed by atoms with Crippen LogP contribution in [-0.2, 0) is 20.7 Å². The Morgan fingerprint density at radius 2 is 1.75 bits per heavy atom. The fraction of sp³-hybridized carbons (Fsp3) is 0.400. The Kier molecular flexibility index (Phi) is 7.25. The van der Waals surface area contributed by atoms with Gasteiger partial charge in [-0.15, -0.1) is 0 Å². The van der Waals surface area contributed by atoms with Gasteiger partial charge in [-0.05, 0) is 75.6 Å². The average Bonchev–Trinajstić information content (AvgIpc) is 2.85. The summed E-state index contributed by atoms with van der Waals surface area (Å²) in [5.74, 6) is 1.39. The van der Waals surface area contributed by atoms with Crippen molar-refractivity contribution in [1.29, 1.82) is 0 Å². The van der Waals surface area contributed by atoms with Gasteiger partial charge < -0.3 is 18.9 Å². The lowest BCUT2D eigenvalue weighted by Gasteiger charge is -2.38. The Balaban J connectivity index is 1.38. The standard InChI is InChI=1S/C30H34O6/c1-18-19(2)28-24(20(3)27(18)35-22(5)31)14-15-30(6,36-28)16-17-33-29(32)21(4)34-26-13-9-11-23-10-7-8-12-25(23)26/h7-13,21H,14-17H2,1-6H3/t21?,30-/m0/s1. The Hall–Kier alpha value is -3.54. The third-order valence-electron chi connectivity index (χ3n) is 7.07. The van der Waals surface area contributed by atoms with E-state index in [1.54, 1.807) is 6.92 Å². The zero-order chi connectivity index (χ0) is 26.0. The maximum absolute atomic E-state index is 12.7. The molecule has 4 rings (SSSR count). The largest absolute Gasteiger partial charge is 0.487 e. The van der Waals surface area contributed by atoms with Gasteiger partial charge in [-0.3, -0.25) is 4.79 Å². The number of hydrogen-bond acceptors (Lipinski definition) is 6. The van der Waals surface area contributed by atoms with Gasteiger partial charge in [-0.25, -0.2) is 4.79 Å². The number of ether oxygens (including phenoxy) is 4. The van der Waals surface area contributed by atoms with Gasteiger partial charge >= 0.3 is 11.9 Å². The third-order valence-corrected chi connectivity index (χ3v) is 7.07. The van der Waals surface area contributed by atoms with Crippen LogP contribution >= 0.6 is 0 Å². The first kappa shape index (κ1) is 25.5. The molecular formula is C30H34O6. The summed E-state index contributed by atoms with van der Waals surface area (Å²) >= 11 is 0. The molecule has 1 unspecified atom stereocenters. The molecule has 0 saturated carbocycles. The zero-order valence-electron chi connectivity index (χ0n) is 21.9. The zero-order valence-corrected chi connectivity index (χ0v) is 21.9. The van der Waals surface area contributed by atoms with Crippen LogP contribution in [0.2, 0.25) is 0 Å². The van der Waals surface area contributed by atoms with Gasteiger partial charge in [0, 0.05) is 24.3 Å². The van der Waals surface area contributed by atoms with Gasteiger partial charge in [-0.2, -0.15) is 0 Å². The first-order chi connectivity index (χ1) is 17.1. The van der Waals surface area contributed by atoms with Crippen molar-refractivity contribution >= 4 is 22.7 Å². The Labute approximate surface area is 212 Å².